The number of para-hydroxylation sites is 1. The molecule has 1 aromatic rings. The summed E-state index contributed by atoms with van der Waals surface area (Å²) >= 11 is 0. The van der Waals surface area contributed by atoms with Crippen molar-refractivity contribution in [1.29, 1.82) is 0 Å². The minimum absolute atomic E-state index is 0.0130. The SMILES string of the molecule is CN(C)CCCNC(=O)c1cccc2c1NC(=O)CO2. The van der Waals surface area contributed by atoms with E-state index < -0.39 is 0 Å². The standard InChI is InChI=1S/C14H19N3O3/c1-17(2)8-4-7-15-14(19)10-5-3-6-11-13(10)16-12(18)9-20-11/h3,5-6H,4,7-9H2,1-2H3,(H,15,19)(H,16,18). The Hall–Kier alpha value is -2.08. The fraction of sp³-hybridized carbons (Fsp3) is 0.429. The number of anilines is 1. The van der Waals surface area contributed by atoms with Gasteiger partial charge in [0.2, 0.25) is 0 Å². The van der Waals surface area contributed by atoms with E-state index in [9.17, 15) is 9.59 Å². The molecule has 2 rings (SSSR count). The third kappa shape index (κ3) is 3.48. The van der Waals surface area contributed by atoms with Gasteiger partial charge in [-0.05, 0) is 39.2 Å². The number of carbonyl (C=O) groups is 2. The molecule has 0 aliphatic carbocycles. The maximum absolute atomic E-state index is 12.1. The molecule has 20 heavy (non-hydrogen) atoms. The van der Waals surface area contributed by atoms with Gasteiger partial charge < -0.3 is 20.3 Å². The van der Waals surface area contributed by atoms with Crippen LogP contribution in [0.15, 0.2) is 18.2 Å². The number of ether oxygens (including phenoxy) is 1. The van der Waals surface area contributed by atoms with Gasteiger partial charge in [0.25, 0.3) is 11.8 Å². The van der Waals surface area contributed by atoms with Crippen LogP contribution in [-0.4, -0.2) is 50.5 Å². The van der Waals surface area contributed by atoms with Crippen LogP contribution in [-0.2, 0) is 4.79 Å². The highest BCUT2D eigenvalue weighted by Crippen LogP contribution is 2.30. The minimum atomic E-state index is -0.245. The summed E-state index contributed by atoms with van der Waals surface area (Å²) < 4.78 is 5.28. The molecule has 0 radical (unpaired) electrons. The van der Waals surface area contributed by atoms with Gasteiger partial charge in [0.05, 0.1) is 11.3 Å². The molecule has 0 atom stereocenters. The van der Waals surface area contributed by atoms with Crippen molar-refractivity contribution in [1.82, 2.24) is 10.2 Å². The highest BCUT2D eigenvalue weighted by Gasteiger charge is 2.21. The van der Waals surface area contributed by atoms with E-state index in [-0.39, 0.29) is 18.4 Å². The average Bonchev–Trinajstić information content (AvgIpc) is 2.42. The molecule has 0 fully saturated rings. The van der Waals surface area contributed by atoms with Crippen molar-refractivity contribution in [3.05, 3.63) is 23.8 Å². The predicted molar refractivity (Wildman–Crippen MR) is 76.1 cm³/mol. The van der Waals surface area contributed by atoms with E-state index in [4.69, 9.17) is 4.74 Å². The number of hydrogen-bond donors (Lipinski definition) is 2. The fourth-order valence-electron chi connectivity index (χ4n) is 1.98. The van der Waals surface area contributed by atoms with Crippen LogP contribution >= 0.6 is 0 Å². The van der Waals surface area contributed by atoms with Crippen LogP contribution in [0, 0.1) is 0 Å². The number of amides is 2. The molecular weight excluding hydrogens is 258 g/mol. The minimum Gasteiger partial charge on any atom is -0.482 e. The monoisotopic (exact) mass is 277 g/mol. The largest absolute Gasteiger partial charge is 0.482 e. The highest BCUT2D eigenvalue weighted by molar-refractivity contribution is 6.06. The summed E-state index contributed by atoms with van der Waals surface area (Å²) in [4.78, 5) is 25.6. The highest BCUT2D eigenvalue weighted by atomic mass is 16.5. The molecule has 0 bridgehead atoms. The molecular formula is C14H19N3O3. The number of hydrogen-bond acceptors (Lipinski definition) is 4. The zero-order valence-corrected chi connectivity index (χ0v) is 11.7. The molecule has 1 aliphatic heterocycles. The van der Waals surface area contributed by atoms with E-state index in [1.807, 2.05) is 14.1 Å². The maximum Gasteiger partial charge on any atom is 0.262 e. The Morgan fingerprint density at radius 3 is 3.00 bits per heavy atom. The Labute approximate surface area is 118 Å². The van der Waals surface area contributed by atoms with Crippen LogP contribution in [0.2, 0.25) is 0 Å². The molecule has 2 N–H and O–H groups in total. The van der Waals surface area contributed by atoms with Crippen LogP contribution in [0.1, 0.15) is 16.8 Å². The summed E-state index contributed by atoms with van der Waals surface area (Å²) in [5, 5.41) is 5.53. The number of fused-ring (bicyclic) bond motifs is 1. The van der Waals surface area contributed by atoms with Crippen LogP contribution in [0.3, 0.4) is 0 Å². The van der Waals surface area contributed by atoms with Crippen molar-refractivity contribution < 1.29 is 14.3 Å². The van der Waals surface area contributed by atoms with Gasteiger partial charge in [0, 0.05) is 6.54 Å². The Morgan fingerprint density at radius 1 is 1.45 bits per heavy atom. The first-order valence-electron chi connectivity index (χ1n) is 6.56. The molecule has 6 heteroatoms. The Balaban J connectivity index is 2.01. The third-order valence-corrected chi connectivity index (χ3v) is 2.96. The van der Waals surface area contributed by atoms with Crippen molar-refractivity contribution in [3.8, 4) is 5.75 Å². The van der Waals surface area contributed by atoms with Gasteiger partial charge in [-0.1, -0.05) is 6.07 Å². The Kier molecular flexibility index (Phi) is 4.57. The molecule has 2 amide bonds. The van der Waals surface area contributed by atoms with Crippen LogP contribution in [0.25, 0.3) is 0 Å². The fourth-order valence-corrected chi connectivity index (χ4v) is 1.98. The summed E-state index contributed by atoms with van der Waals surface area (Å²) in [5.41, 5.74) is 0.884. The summed E-state index contributed by atoms with van der Waals surface area (Å²) in [6, 6.07) is 5.15. The molecule has 1 aliphatic rings. The van der Waals surface area contributed by atoms with Crippen molar-refractivity contribution in [2.24, 2.45) is 0 Å². The second-order valence-electron chi connectivity index (χ2n) is 4.93. The quantitative estimate of drug-likeness (QED) is 0.777. The second kappa shape index (κ2) is 6.38. The smallest absolute Gasteiger partial charge is 0.262 e. The van der Waals surface area contributed by atoms with Crippen molar-refractivity contribution in [2.75, 3.05) is 39.1 Å². The summed E-state index contributed by atoms with van der Waals surface area (Å²) in [6.07, 6.45) is 0.872. The second-order valence-corrected chi connectivity index (χ2v) is 4.93. The van der Waals surface area contributed by atoms with Gasteiger partial charge in [-0.25, -0.2) is 0 Å². The van der Waals surface area contributed by atoms with E-state index in [0.717, 1.165) is 13.0 Å². The van der Waals surface area contributed by atoms with Crippen molar-refractivity contribution in [2.45, 2.75) is 6.42 Å². The Bertz CT molecular complexity index is 514. The first kappa shape index (κ1) is 14.3. The molecule has 0 unspecified atom stereocenters. The number of benzene rings is 1. The summed E-state index contributed by atoms with van der Waals surface area (Å²) in [5.74, 6) is 0.0855. The van der Waals surface area contributed by atoms with Crippen LogP contribution < -0.4 is 15.4 Å². The Morgan fingerprint density at radius 2 is 2.25 bits per heavy atom. The summed E-state index contributed by atoms with van der Waals surface area (Å²) in [7, 11) is 3.98. The van der Waals surface area contributed by atoms with E-state index >= 15 is 0 Å². The first-order valence-corrected chi connectivity index (χ1v) is 6.56. The predicted octanol–water partition coefficient (Wildman–Crippen LogP) is 0.699. The summed E-state index contributed by atoms with van der Waals surface area (Å²) in [6.45, 7) is 1.49. The molecule has 6 nitrogen and oxygen atoms in total. The van der Waals surface area contributed by atoms with Gasteiger partial charge >= 0.3 is 0 Å². The van der Waals surface area contributed by atoms with Crippen LogP contribution in [0.4, 0.5) is 5.69 Å². The van der Waals surface area contributed by atoms with Crippen molar-refractivity contribution in [3.63, 3.8) is 0 Å². The lowest BCUT2D eigenvalue weighted by molar-refractivity contribution is -0.118. The van der Waals surface area contributed by atoms with E-state index in [1.54, 1.807) is 18.2 Å². The number of nitrogens with zero attached hydrogens (tertiary/aromatic N) is 1. The number of nitrogens with one attached hydrogen (secondary N) is 2. The van der Waals surface area contributed by atoms with Gasteiger partial charge in [-0.2, -0.15) is 0 Å². The lowest BCUT2D eigenvalue weighted by atomic mass is 10.1. The number of carbonyl (C=O) groups excluding carboxylic acids is 2. The molecule has 0 saturated carbocycles. The number of rotatable bonds is 5. The zero-order valence-electron chi connectivity index (χ0n) is 11.7. The zero-order chi connectivity index (χ0) is 14.5. The van der Waals surface area contributed by atoms with Gasteiger partial charge in [-0.3, -0.25) is 9.59 Å². The lowest BCUT2D eigenvalue weighted by Crippen LogP contribution is -2.31. The van der Waals surface area contributed by atoms with Crippen LogP contribution in [0.5, 0.6) is 5.75 Å². The van der Waals surface area contributed by atoms with Crippen molar-refractivity contribution >= 4 is 17.5 Å². The van der Waals surface area contributed by atoms with Gasteiger partial charge in [0.1, 0.15) is 5.75 Å². The topological polar surface area (TPSA) is 70.7 Å². The van der Waals surface area contributed by atoms with E-state index in [2.05, 4.69) is 15.5 Å². The molecule has 0 aromatic heterocycles. The molecule has 0 saturated heterocycles. The molecule has 108 valence electrons. The van der Waals surface area contributed by atoms with E-state index in [0.29, 0.717) is 23.5 Å². The van der Waals surface area contributed by atoms with Gasteiger partial charge in [0.15, 0.2) is 6.61 Å². The first-order chi connectivity index (χ1) is 9.58. The normalized spacial score (nSPS) is 13.4. The molecule has 0 spiro atoms. The molecule has 1 heterocycles. The maximum atomic E-state index is 12.1. The molecule has 1 aromatic carbocycles. The lowest BCUT2D eigenvalue weighted by Gasteiger charge is -2.20. The average molecular weight is 277 g/mol. The van der Waals surface area contributed by atoms with Gasteiger partial charge in [-0.15, -0.1) is 0 Å². The third-order valence-electron chi connectivity index (χ3n) is 2.96. The van der Waals surface area contributed by atoms with E-state index in [1.165, 1.54) is 0 Å².